The third-order valence-corrected chi connectivity index (χ3v) is 12.2. The highest BCUT2D eigenvalue weighted by molar-refractivity contribution is 7.47. The molecule has 0 aliphatic rings. The zero-order valence-corrected chi connectivity index (χ0v) is 42.5. The summed E-state index contributed by atoms with van der Waals surface area (Å²) < 4.78 is 33.5. The Morgan fingerprint density at radius 1 is 0.508 bits per heavy atom. The lowest BCUT2D eigenvalue weighted by atomic mass is 10.0. The monoisotopic (exact) mass is 936 g/mol. The van der Waals surface area contributed by atoms with Crippen molar-refractivity contribution in [2.75, 3.05) is 26.4 Å². The lowest BCUT2D eigenvalue weighted by molar-refractivity contribution is -0.154. The molecule has 0 rings (SSSR count). The number of hydrogen-bond donors (Lipinski definition) is 3. The van der Waals surface area contributed by atoms with Gasteiger partial charge in [0, 0.05) is 13.0 Å². The van der Waals surface area contributed by atoms with Crippen molar-refractivity contribution in [2.45, 2.75) is 244 Å². The smallest absolute Gasteiger partial charge is 0.472 e. The number of ether oxygens (including phenoxy) is 2. The van der Waals surface area contributed by atoms with E-state index in [1.165, 1.54) is 135 Å². The zero-order valence-electron chi connectivity index (χ0n) is 41.6. The molecule has 0 aromatic heterocycles. The predicted octanol–water partition coefficient (Wildman–Crippen LogP) is 15.5. The predicted molar refractivity (Wildman–Crippen MR) is 272 cm³/mol. The van der Waals surface area contributed by atoms with E-state index in [9.17, 15) is 19.0 Å². The van der Waals surface area contributed by atoms with Crippen LogP contribution in [-0.2, 0) is 32.7 Å². The van der Waals surface area contributed by atoms with Gasteiger partial charge in [0.2, 0.25) is 0 Å². The minimum absolute atomic E-state index is 0.0136. The fourth-order valence-corrected chi connectivity index (χ4v) is 8.02. The fraction of sp³-hybridized carbons (Fsp3) is 0.778. The van der Waals surface area contributed by atoms with Gasteiger partial charge in [-0.3, -0.25) is 18.6 Å². The fourth-order valence-electron chi connectivity index (χ4n) is 7.24. The van der Waals surface area contributed by atoms with Crippen LogP contribution in [0.4, 0.5) is 0 Å². The van der Waals surface area contributed by atoms with Crippen molar-refractivity contribution in [3.8, 4) is 0 Å². The van der Waals surface area contributed by atoms with E-state index in [0.717, 1.165) is 70.6 Å². The molecule has 65 heavy (non-hydrogen) atoms. The molecular formula is C54H98NO9P. The Morgan fingerprint density at radius 3 is 1.35 bits per heavy atom. The third-order valence-electron chi connectivity index (χ3n) is 11.3. The van der Waals surface area contributed by atoms with Crippen LogP contribution >= 0.6 is 7.82 Å². The van der Waals surface area contributed by atoms with Crippen LogP contribution in [-0.4, -0.2) is 60.5 Å². The third kappa shape index (κ3) is 49.4. The van der Waals surface area contributed by atoms with Gasteiger partial charge in [-0.1, -0.05) is 209 Å². The number of hydrogen-bond acceptors (Lipinski definition) is 8. The molecule has 0 spiro atoms. The van der Waals surface area contributed by atoms with Crippen LogP contribution < -0.4 is 5.73 Å². The summed E-state index contributed by atoms with van der Waals surface area (Å²) in [7, 11) is -4.63. The average Bonchev–Trinajstić information content (AvgIpc) is 3.29. The molecule has 0 aromatic rings. The minimum atomic E-state index is -4.63. The number of carboxylic acids is 1. The number of phosphoric acid groups is 1. The first-order valence-corrected chi connectivity index (χ1v) is 27.8. The number of unbranched alkanes of at least 4 members (excludes halogenated alkanes) is 26. The molecule has 0 aliphatic heterocycles. The number of aliphatic carboxylic acids is 1. The normalized spacial score (nSPS) is 14.2. The van der Waals surface area contributed by atoms with Crippen molar-refractivity contribution in [3.63, 3.8) is 0 Å². The summed E-state index contributed by atoms with van der Waals surface area (Å²) >= 11 is 0. The number of rotatable bonds is 50. The molecule has 0 aromatic carbocycles. The highest BCUT2D eigenvalue weighted by Gasteiger charge is 2.27. The lowest BCUT2D eigenvalue weighted by Gasteiger charge is -2.20. The van der Waals surface area contributed by atoms with E-state index in [2.05, 4.69) is 74.6 Å². The molecule has 0 bridgehead atoms. The lowest BCUT2D eigenvalue weighted by Crippen LogP contribution is -2.34. The van der Waals surface area contributed by atoms with E-state index >= 15 is 0 Å². The second-order valence-corrected chi connectivity index (χ2v) is 19.1. The van der Waals surface area contributed by atoms with Gasteiger partial charge in [0.1, 0.15) is 12.1 Å². The Labute approximate surface area is 398 Å². The van der Waals surface area contributed by atoms with Crippen molar-refractivity contribution in [1.29, 1.82) is 0 Å². The van der Waals surface area contributed by atoms with Crippen LogP contribution in [0.1, 0.15) is 232 Å². The maximum atomic E-state index is 12.7. The second kappa shape index (κ2) is 49.6. The zero-order chi connectivity index (χ0) is 47.6. The summed E-state index contributed by atoms with van der Waals surface area (Å²) in [5.41, 5.74) is 5.38. The van der Waals surface area contributed by atoms with E-state index in [0.29, 0.717) is 13.0 Å². The van der Waals surface area contributed by atoms with Crippen LogP contribution in [0.5, 0.6) is 0 Å². The van der Waals surface area contributed by atoms with E-state index in [1.54, 1.807) is 0 Å². The van der Waals surface area contributed by atoms with Gasteiger partial charge in [-0.05, 0) is 77.0 Å². The number of phosphoric ester groups is 1. The Bertz CT molecular complexity index is 1270. The van der Waals surface area contributed by atoms with Gasteiger partial charge in [-0.15, -0.1) is 0 Å². The highest BCUT2D eigenvalue weighted by Crippen LogP contribution is 2.43. The van der Waals surface area contributed by atoms with Crippen LogP contribution in [0.25, 0.3) is 0 Å². The van der Waals surface area contributed by atoms with E-state index in [-0.39, 0.29) is 13.0 Å². The maximum absolute atomic E-state index is 12.7. The minimum Gasteiger partial charge on any atom is -0.480 e. The number of esters is 1. The molecule has 3 atom stereocenters. The SMILES string of the molecule is CC/C=C\C/C=C\C/C=C\C/C=C\CCCCCCCCCCCCC(=O)OC(COCCCCCCCCCCCC/C=C\CCCCCCCC)COP(=O)(O)OCC(N)C(=O)O. The van der Waals surface area contributed by atoms with Crippen molar-refractivity contribution < 1.29 is 42.7 Å². The van der Waals surface area contributed by atoms with Gasteiger partial charge in [-0.25, -0.2) is 4.57 Å². The van der Waals surface area contributed by atoms with Gasteiger partial charge in [0.05, 0.1) is 19.8 Å². The highest BCUT2D eigenvalue weighted by atomic mass is 31.2. The largest absolute Gasteiger partial charge is 0.480 e. The maximum Gasteiger partial charge on any atom is 0.472 e. The molecule has 0 heterocycles. The van der Waals surface area contributed by atoms with Crippen molar-refractivity contribution in [2.24, 2.45) is 5.73 Å². The van der Waals surface area contributed by atoms with Crippen molar-refractivity contribution >= 4 is 19.8 Å². The van der Waals surface area contributed by atoms with Crippen molar-refractivity contribution in [3.05, 3.63) is 60.8 Å². The van der Waals surface area contributed by atoms with Gasteiger partial charge in [0.25, 0.3) is 0 Å². The summed E-state index contributed by atoms with van der Waals surface area (Å²) in [6, 6.07) is -1.48. The average molecular weight is 936 g/mol. The van der Waals surface area contributed by atoms with Crippen LogP contribution in [0.15, 0.2) is 60.8 Å². The summed E-state index contributed by atoms with van der Waals surface area (Å²) in [5.74, 6) is -1.78. The standard InChI is InChI=1S/C54H98NO9P/c1-3-5-7-9-11-13-15-17-19-21-23-25-26-27-28-30-32-34-36-38-40-42-44-46-53(56)64-51(49-62-65(59,60)63-50-52(55)54(57)58)48-61-47-45-43-41-39-37-35-33-31-29-24-22-20-18-16-14-12-10-8-6-4-2/h5,7,11,13,17-20,23,25,51-52H,3-4,6,8-10,12,14-16,21-22,24,26-50,55H2,1-2H3,(H,57,58)(H,59,60)/b7-5-,13-11-,19-17-,20-18-,25-23-. The topological polar surface area (TPSA) is 155 Å². The van der Waals surface area contributed by atoms with Crippen LogP contribution in [0.2, 0.25) is 0 Å². The number of carbonyl (C=O) groups excluding carboxylic acids is 1. The van der Waals surface area contributed by atoms with Crippen LogP contribution in [0, 0.1) is 0 Å². The second-order valence-electron chi connectivity index (χ2n) is 17.6. The van der Waals surface area contributed by atoms with E-state index in [1.807, 2.05) is 0 Å². The van der Waals surface area contributed by atoms with E-state index < -0.39 is 45.1 Å². The van der Waals surface area contributed by atoms with Crippen molar-refractivity contribution in [1.82, 2.24) is 0 Å². The molecular weight excluding hydrogens is 838 g/mol. The Hall–Kier alpha value is -2.33. The Balaban J connectivity index is 4.13. The summed E-state index contributed by atoms with van der Waals surface area (Å²) in [6.45, 7) is 3.79. The molecule has 0 fully saturated rings. The first-order chi connectivity index (χ1) is 31.7. The van der Waals surface area contributed by atoms with Crippen LogP contribution in [0.3, 0.4) is 0 Å². The number of carbonyl (C=O) groups is 2. The molecule has 0 amide bonds. The molecule has 11 heteroatoms. The summed E-state index contributed by atoms with van der Waals surface area (Å²) in [5, 5.41) is 8.94. The number of allylic oxidation sites excluding steroid dienone is 10. The van der Waals surface area contributed by atoms with Gasteiger partial charge < -0.3 is 25.2 Å². The molecule has 3 unspecified atom stereocenters. The summed E-state index contributed by atoms with van der Waals surface area (Å²) in [6.07, 6.45) is 61.3. The number of carboxylic acid groups (broad SMARTS) is 1. The molecule has 0 radical (unpaired) electrons. The Morgan fingerprint density at radius 2 is 0.892 bits per heavy atom. The molecule has 0 saturated carbocycles. The molecule has 0 aliphatic carbocycles. The quantitative estimate of drug-likeness (QED) is 0.0232. The molecule has 4 N–H and O–H groups in total. The first-order valence-electron chi connectivity index (χ1n) is 26.3. The van der Waals surface area contributed by atoms with E-state index in [4.69, 9.17) is 29.4 Å². The number of nitrogens with two attached hydrogens (primary N) is 1. The Kier molecular flexibility index (Phi) is 47.8. The molecule has 10 nitrogen and oxygen atoms in total. The summed E-state index contributed by atoms with van der Waals surface area (Å²) in [4.78, 5) is 33.7. The van der Waals surface area contributed by atoms with Gasteiger partial charge >= 0.3 is 19.8 Å². The first kappa shape index (κ1) is 62.7. The van der Waals surface area contributed by atoms with Gasteiger partial charge in [0.15, 0.2) is 0 Å². The molecule has 0 saturated heterocycles. The molecule has 378 valence electrons. The van der Waals surface area contributed by atoms with Gasteiger partial charge in [-0.2, -0.15) is 0 Å².